The lowest BCUT2D eigenvalue weighted by atomic mass is 9.96. The monoisotopic (exact) mass is 265 g/mol. The fourth-order valence-corrected chi connectivity index (χ4v) is 2.49. The van der Waals surface area contributed by atoms with E-state index in [-0.39, 0.29) is 11.8 Å². The number of H-pyrrole nitrogens is 1. The van der Waals surface area contributed by atoms with E-state index in [0.717, 1.165) is 38.0 Å². The number of likely N-dealkylation sites (tertiary alicyclic amines) is 1. The molecule has 2 heterocycles. The van der Waals surface area contributed by atoms with Crippen LogP contribution in [0.4, 0.5) is 0 Å². The third-order valence-electron chi connectivity index (χ3n) is 3.70. The summed E-state index contributed by atoms with van der Waals surface area (Å²) >= 11 is 0. The summed E-state index contributed by atoms with van der Waals surface area (Å²) in [4.78, 5) is 14.5. The van der Waals surface area contributed by atoms with Gasteiger partial charge in [-0.1, -0.05) is 0 Å². The van der Waals surface area contributed by atoms with Crippen LogP contribution in [0.5, 0.6) is 0 Å². The number of carbonyl (C=O) groups excluding carboxylic acids is 1. The van der Waals surface area contributed by atoms with E-state index in [0.29, 0.717) is 12.6 Å². The van der Waals surface area contributed by atoms with Gasteiger partial charge in [0.2, 0.25) is 5.91 Å². The van der Waals surface area contributed by atoms with Gasteiger partial charge in [-0.15, -0.1) is 0 Å². The van der Waals surface area contributed by atoms with Crippen LogP contribution in [0, 0.1) is 5.92 Å². The van der Waals surface area contributed by atoms with Crippen molar-refractivity contribution in [2.45, 2.75) is 39.2 Å². The van der Waals surface area contributed by atoms with Crippen molar-refractivity contribution in [2.24, 2.45) is 5.92 Å². The molecule has 6 nitrogen and oxygen atoms in total. The van der Waals surface area contributed by atoms with E-state index in [4.69, 9.17) is 0 Å². The second-order valence-electron chi connectivity index (χ2n) is 5.43. The van der Waals surface area contributed by atoms with Crippen LogP contribution >= 0.6 is 0 Å². The molecule has 0 spiro atoms. The van der Waals surface area contributed by atoms with Gasteiger partial charge < -0.3 is 10.2 Å². The zero-order valence-corrected chi connectivity index (χ0v) is 11.7. The number of nitrogens with one attached hydrogen (secondary N) is 2. The van der Waals surface area contributed by atoms with Gasteiger partial charge in [0.1, 0.15) is 0 Å². The first kappa shape index (κ1) is 14.0. The summed E-state index contributed by atoms with van der Waals surface area (Å²) in [5.74, 6) is 0.308. The first-order chi connectivity index (χ1) is 9.16. The Morgan fingerprint density at radius 3 is 3.16 bits per heavy atom. The number of aromatic amines is 1. The summed E-state index contributed by atoms with van der Waals surface area (Å²) in [5, 5.41) is 13.3. The van der Waals surface area contributed by atoms with Crippen LogP contribution in [-0.4, -0.2) is 51.9 Å². The maximum atomic E-state index is 12.1. The van der Waals surface area contributed by atoms with Crippen LogP contribution in [0.25, 0.3) is 0 Å². The molecule has 19 heavy (non-hydrogen) atoms. The van der Waals surface area contributed by atoms with Gasteiger partial charge in [-0.3, -0.25) is 4.79 Å². The molecule has 1 aromatic rings. The number of hydrogen-bond donors (Lipinski definition) is 2. The van der Waals surface area contributed by atoms with E-state index in [1.165, 1.54) is 0 Å². The number of piperidine rings is 1. The maximum absolute atomic E-state index is 12.1. The minimum absolute atomic E-state index is 0.133. The third-order valence-corrected chi connectivity index (χ3v) is 3.70. The number of nitrogens with zero attached hydrogens (tertiary/aromatic N) is 3. The Kier molecular flexibility index (Phi) is 4.90. The van der Waals surface area contributed by atoms with Crippen LogP contribution in [0.3, 0.4) is 0 Å². The molecule has 0 radical (unpaired) electrons. The summed E-state index contributed by atoms with van der Waals surface area (Å²) in [6.45, 7) is 6.99. The van der Waals surface area contributed by atoms with Crippen LogP contribution < -0.4 is 5.32 Å². The van der Waals surface area contributed by atoms with Gasteiger partial charge in [-0.25, -0.2) is 0 Å². The standard InChI is InChI=1S/C13H23N5O/c1-10(2)18-7-3-4-11(9-18)13(19)14-6-5-12-8-15-17-16-12/h8,10-11H,3-7,9H2,1-2H3,(H,14,19)(H,15,16,17). The van der Waals surface area contributed by atoms with E-state index in [9.17, 15) is 4.79 Å². The van der Waals surface area contributed by atoms with Crippen molar-refractivity contribution in [3.63, 3.8) is 0 Å². The number of amides is 1. The summed E-state index contributed by atoms with van der Waals surface area (Å²) < 4.78 is 0. The highest BCUT2D eigenvalue weighted by atomic mass is 16.1. The highest BCUT2D eigenvalue weighted by molar-refractivity contribution is 5.78. The Bertz CT molecular complexity index is 390. The quantitative estimate of drug-likeness (QED) is 0.817. The van der Waals surface area contributed by atoms with E-state index < -0.39 is 0 Å². The van der Waals surface area contributed by atoms with Crippen molar-refractivity contribution in [1.29, 1.82) is 0 Å². The van der Waals surface area contributed by atoms with E-state index in [1.54, 1.807) is 6.20 Å². The Balaban J connectivity index is 1.73. The number of carbonyl (C=O) groups is 1. The van der Waals surface area contributed by atoms with Crippen LogP contribution in [0.15, 0.2) is 6.20 Å². The van der Waals surface area contributed by atoms with Crippen LogP contribution in [0.1, 0.15) is 32.4 Å². The highest BCUT2D eigenvalue weighted by Crippen LogP contribution is 2.18. The molecule has 0 aromatic carbocycles. The Hall–Kier alpha value is -1.43. The lowest BCUT2D eigenvalue weighted by molar-refractivity contribution is -0.126. The minimum Gasteiger partial charge on any atom is -0.355 e. The molecule has 106 valence electrons. The molecular weight excluding hydrogens is 242 g/mol. The molecule has 1 aliphatic rings. The zero-order chi connectivity index (χ0) is 13.7. The molecule has 0 aliphatic carbocycles. The summed E-state index contributed by atoms with van der Waals surface area (Å²) in [6, 6.07) is 0.519. The van der Waals surface area contributed by atoms with Crippen molar-refractivity contribution in [2.75, 3.05) is 19.6 Å². The highest BCUT2D eigenvalue weighted by Gasteiger charge is 2.26. The second-order valence-corrected chi connectivity index (χ2v) is 5.43. The molecule has 1 atom stereocenters. The van der Waals surface area contributed by atoms with Crippen molar-refractivity contribution in [3.05, 3.63) is 11.9 Å². The van der Waals surface area contributed by atoms with Gasteiger partial charge in [0.15, 0.2) is 0 Å². The lowest BCUT2D eigenvalue weighted by Gasteiger charge is -2.34. The number of hydrogen-bond acceptors (Lipinski definition) is 4. The molecule has 1 aromatic heterocycles. The molecule has 1 amide bonds. The molecule has 2 N–H and O–H groups in total. The van der Waals surface area contributed by atoms with Crippen molar-refractivity contribution in [3.8, 4) is 0 Å². The zero-order valence-electron chi connectivity index (χ0n) is 11.7. The fourth-order valence-electron chi connectivity index (χ4n) is 2.49. The smallest absolute Gasteiger partial charge is 0.224 e. The normalized spacial score (nSPS) is 20.7. The first-order valence-corrected chi connectivity index (χ1v) is 7.03. The van der Waals surface area contributed by atoms with Crippen molar-refractivity contribution in [1.82, 2.24) is 25.6 Å². The lowest BCUT2D eigenvalue weighted by Crippen LogP contribution is -2.45. The average Bonchev–Trinajstić information content (AvgIpc) is 2.92. The largest absolute Gasteiger partial charge is 0.355 e. The Morgan fingerprint density at radius 2 is 2.47 bits per heavy atom. The SMILES string of the molecule is CC(C)N1CCCC(C(=O)NCCc2cn[nH]n2)C1. The Morgan fingerprint density at radius 1 is 1.63 bits per heavy atom. The van der Waals surface area contributed by atoms with Gasteiger partial charge in [0.05, 0.1) is 17.8 Å². The van der Waals surface area contributed by atoms with Gasteiger partial charge in [-0.2, -0.15) is 15.4 Å². The summed E-state index contributed by atoms with van der Waals surface area (Å²) in [7, 11) is 0. The van der Waals surface area contributed by atoms with Crippen LogP contribution in [0.2, 0.25) is 0 Å². The first-order valence-electron chi connectivity index (χ1n) is 7.03. The van der Waals surface area contributed by atoms with Crippen molar-refractivity contribution < 1.29 is 4.79 Å². The summed E-state index contributed by atoms with van der Waals surface area (Å²) in [5.41, 5.74) is 0.882. The number of rotatable bonds is 5. The maximum Gasteiger partial charge on any atom is 0.224 e. The molecule has 6 heteroatoms. The third kappa shape index (κ3) is 4.02. The second kappa shape index (κ2) is 6.65. The van der Waals surface area contributed by atoms with Gasteiger partial charge >= 0.3 is 0 Å². The van der Waals surface area contributed by atoms with E-state index in [2.05, 4.69) is 39.5 Å². The molecule has 2 rings (SSSR count). The van der Waals surface area contributed by atoms with Gasteiger partial charge in [0, 0.05) is 25.6 Å². The molecule has 1 saturated heterocycles. The van der Waals surface area contributed by atoms with E-state index >= 15 is 0 Å². The molecule has 1 unspecified atom stereocenters. The molecule has 1 fully saturated rings. The minimum atomic E-state index is 0.133. The summed E-state index contributed by atoms with van der Waals surface area (Å²) in [6.07, 6.45) is 4.52. The van der Waals surface area contributed by atoms with Gasteiger partial charge in [-0.05, 0) is 33.2 Å². The Labute approximate surface area is 113 Å². The predicted molar refractivity (Wildman–Crippen MR) is 72.5 cm³/mol. The topological polar surface area (TPSA) is 73.9 Å². The molecule has 0 bridgehead atoms. The predicted octanol–water partition coefficient (Wildman–Crippen LogP) is 0.584. The van der Waals surface area contributed by atoms with Crippen LogP contribution in [-0.2, 0) is 11.2 Å². The van der Waals surface area contributed by atoms with Crippen molar-refractivity contribution >= 4 is 5.91 Å². The fraction of sp³-hybridized carbons (Fsp3) is 0.769. The molecule has 1 aliphatic heterocycles. The average molecular weight is 265 g/mol. The molecular formula is C13H23N5O. The van der Waals surface area contributed by atoms with E-state index in [1.807, 2.05) is 0 Å². The molecule has 0 saturated carbocycles. The number of aromatic nitrogens is 3. The van der Waals surface area contributed by atoms with Gasteiger partial charge in [0.25, 0.3) is 0 Å².